The molecule has 0 saturated heterocycles. The standard InChI is InChI=1S/C28H27N3OS/c1-18-6-8-22(9-7-18)23-11-10-21(19(2)15-23)5-4-13-29-27-25-16-20(3)33-28(25)31-26(30-27)24-12-14-32-17-24/h6-12,14-17H,4-5,13H2,1-3H3,(H,29,30,31). The zero-order chi connectivity index (χ0) is 22.8. The molecule has 5 rings (SSSR count). The second-order valence-corrected chi connectivity index (χ2v) is 9.76. The van der Waals surface area contributed by atoms with Crippen molar-refractivity contribution in [3.63, 3.8) is 0 Å². The molecule has 0 aliphatic carbocycles. The number of nitrogens with zero attached hydrogens (tertiary/aromatic N) is 2. The summed E-state index contributed by atoms with van der Waals surface area (Å²) in [5, 5.41) is 4.65. The molecule has 0 radical (unpaired) electrons. The summed E-state index contributed by atoms with van der Waals surface area (Å²) < 4.78 is 5.23. The van der Waals surface area contributed by atoms with Gasteiger partial charge in [-0.25, -0.2) is 9.97 Å². The van der Waals surface area contributed by atoms with Crippen LogP contribution in [0.15, 0.2) is 71.5 Å². The lowest BCUT2D eigenvalue weighted by Gasteiger charge is -2.11. The van der Waals surface area contributed by atoms with Crippen LogP contribution in [0.25, 0.3) is 32.7 Å². The minimum atomic E-state index is 0.697. The minimum absolute atomic E-state index is 0.697. The largest absolute Gasteiger partial charge is 0.472 e. The number of hydrogen-bond donors (Lipinski definition) is 1. The summed E-state index contributed by atoms with van der Waals surface area (Å²) in [6, 6.07) is 19.6. The van der Waals surface area contributed by atoms with E-state index in [4.69, 9.17) is 14.4 Å². The van der Waals surface area contributed by atoms with Gasteiger partial charge in [-0.15, -0.1) is 11.3 Å². The number of furan rings is 1. The Hall–Kier alpha value is -3.44. The molecule has 4 nitrogen and oxygen atoms in total. The first kappa shape index (κ1) is 21.4. The van der Waals surface area contributed by atoms with E-state index in [9.17, 15) is 0 Å². The fourth-order valence-corrected chi connectivity index (χ4v) is 4.96. The summed E-state index contributed by atoms with van der Waals surface area (Å²) in [5.41, 5.74) is 7.46. The van der Waals surface area contributed by atoms with Gasteiger partial charge >= 0.3 is 0 Å². The Bertz CT molecular complexity index is 1390. The normalized spacial score (nSPS) is 11.2. The highest BCUT2D eigenvalue weighted by Gasteiger charge is 2.12. The van der Waals surface area contributed by atoms with E-state index in [1.807, 2.05) is 6.07 Å². The van der Waals surface area contributed by atoms with Crippen LogP contribution in [0, 0.1) is 20.8 Å². The third kappa shape index (κ3) is 4.69. The lowest BCUT2D eigenvalue weighted by atomic mass is 9.97. The van der Waals surface area contributed by atoms with Gasteiger partial charge in [-0.3, -0.25) is 0 Å². The van der Waals surface area contributed by atoms with Crippen molar-refractivity contribution in [1.82, 2.24) is 9.97 Å². The van der Waals surface area contributed by atoms with E-state index in [0.717, 1.165) is 41.0 Å². The zero-order valence-electron chi connectivity index (χ0n) is 19.2. The molecule has 0 amide bonds. The highest BCUT2D eigenvalue weighted by atomic mass is 32.1. The number of fused-ring (bicyclic) bond motifs is 1. The van der Waals surface area contributed by atoms with E-state index in [2.05, 4.69) is 74.6 Å². The molecular weight excluding hydrogens is 426 g/mol. The summed E-state index contributed by atoms with van der Waals surface area (Å²) in [4.78, 5) is 11.8. The molecule has 0 bridgehead atoms. The Balaban J connectivity index is 1.27. The first-order chi connectivity index (χ1) is 16.1. The van der Waals surface area contributed by atoms with Crippen molar-refractivity contribution in [1.29, 1.82) is 0 Å². The maximum atomic E-state index is 5.23. The SMILES string of the molecule is Cc1ccc(-c2ccc(CCCNc3nc(-c4ccoc4)nc4sc(C)cc34)c(C)c2)cc1. The summed E-state index contributed by atoms with van der Waals surface area (Å²) in [6.45, 7) is 7.29. The van der Waals surface area contributed by atoms with E-state index in [1.54, 1.807) is 23.9 Å². The van der Waals surface area contributed by atoms with Gasteiger partial charge in [0, 0.05) is 11.4 Å². The third-order valence-corrected chi connectivity index (χ3v) is 6.88. The predicted molar refractivity (Wildman–Crippen MR) is 138 cm³/mol. The van der Waals surface area contributed by atoms with Crippen molar-refractivity contribution >= 4 is 27.4 Å². The maximum absolute atomic E-state index is 5.23. The molecule has 1 N–H and O–H groups in total. The Kier molecular flexibility index (Phi) is 5.97. The van der Waals surface area contributed by atoms with Crippen molar-refractivity contribution in [3.8, 4) is 22.5 Å². The van der Waals surface area contributed by atoms with Crippen LogP contribution in [-0.2, 0) is 6.42 Å². The van der Waals surface area contributed by atoms with Gasteiger partial charge in [0.2, 0.25) is 0 Å². The molecule has 0 aliphatic rings. The van der Waals surface area contributed by atoms with Crippen molar-refractivity contribution in [2.75, 3.05) is 11.9 Å². The highest BCUT2D eigenvalue weighted by Crippen LogP contribution is 2.31. The lowest BCUT2D eigenvalue weighted by Crippen LogP contribution is -2.06. The monoisotopic (exact) mass is 453 g/mol. The van der Waals surface area contributed by atoms with Gasteiger partial charge < -0.3 is 9.73 Å². The molecule has 0 spiro atoms. The number of aryl methyl sites for hydroxylation is 4. The number of hydrogen-bond acceptors (Lipinski definition) is 5. The first-order valence-electron chi connectivity index (χ1n) is 11.3. The van der Waals surface area contributed by atoms with Gasteiger partial charge in [-0.2, -0.15) is 0 Å². The first-order valence-corrected chi connectivity index (χ1v) is 12.1. The van der Waals surface area contributed by atoms with Crippen molar-refractivity contribution in [3.05, 3.63) is 88.7 Å². The summed E-state index contributed by atoms with van der Waals surface area (Å²) in [5.74, 6) is 1.59. The van der Waals surface area contributed by atoms with Gasteiger partial charge in [0.05, 0.1) is 17.2 Å². The van der Waals surface area contributed by atoms with E-state index < -0.39 is 0 Å². The van der Waals surface area contributed by atoms with Crippen LogP contribution in [0.3, 0.4) is 0 Å². The molecule has 3 aromatic heterocycles. The summed E-state index contributed by atoms with van der Waals surface area (Å²) >= 11 is 1.69. The summed E-state index contributed by atoms with van der Waals surface area (Å²) in [7, 11) is 0. The second-order valence-electron chi connectivity index (χ2n) is 8.52. The van der Waals surface area contributed by atoms with E-state index in [1.165, 1.54) is 32.7 Å². The number of anilines is 1. The van der Waals surface area contributed by atoms with Crippen LogP contribution >= 0.6 is 11.3 Å². The van der Waals surface area contributed by atoms with E-state index in [0.29, 0.717) is 5.82 Å². The Morgan fingerprint density at radius 1 is 0.879 bits per heavy atom. The van der Waals surface area contributed by atoms with Crippen LogP contribution in [0.4, 0.5) is 5.82 Å². The molecule has 166 valence electrons. The quantitative estimate of drug-likeness (QED) is 0.258. The molecule has 0 saturated carbocycles. The van der Waals surface area contributed by atoms with Gasteiger partial charge in [0.1, 0.15) is 16.9 Å². The fraction of sp³-hybridized carbons (Fsp3) is 0.214. The lowest BCUT2D eigenvalue weighted by molar-refractivity contribution is 0.568. The van der Waals surface area contributed by atoms with Crippen LogP contribution in [0.1, 0.15) is 28.0 Å². The van der Waals surface area contributed by atoms with Gasteiger partial charge in [-0.05, 0) is 68.0 Å². The topological polar surface area (TPSA) is 51.0 Å². The molecule has 5 aromatic rings. The van der Waals surface area contributed by atoms with E-state index >= 15 is 0 Å². The number of thiophene rings is 1. The van der Waals surface area contributed by atoms with Gasteiger partial charge in [0.25, 0.3) is 0 Å². The number of benzene rings is 2. The zero-order valence-corrected chi connectivity index (χ0v) is 20.0. The van der Waals surface area contributed by atoms with Crippen LogP contribution < -0.4 is 5.32 Å². The summed E-state index contributed by atoms with van der Waals surface area (Å²) in [6.07, 6.45) is 5.40. The average Bonchev–Trinajstić information content (AvgIpc) is 3.47. The van der Waals surface area contributed by atoms with Gasteiger partial charge in [-0.1, -0.05) is 48.0 Å². The third-order valence-electron chi connectivity index (χ3n) is 5.94. The highest BCUT2D eigenvalue weighted by molar-refractivity contribution is 7.18. The van der Waals surface area contributed by atoms with Crippen molar-refractivity contribution in [2.24, 2.45) is 0 Å². The average molecular weight is 454 g/mol. The molecule has 5 heteroatoms. The fourth-order valence-electron chi connectivity index (χ4n) is 4.09. The number of nitrogens with one attached hydrogen (secondary N) is 1. The Morgan fingerprint density at radius 2 is 1.70 bits per heavy atom. The second kappa shape index (κ2) is 9.20. The molecule has 0 aliphatic heterocycles. The maximum Gasteiger partial charge on any atom is 0.166 e. The molecule has 3 heterocycles. The van der Waals surface area contributed by atoms with E-state index in [-0.39, 0.29) is 0 Å². The molecular formula is C28H27N3OS. The van der Waals surface area contributed by atoms with Crippen molar-refractivity contribution in [2.45, 2.75) is 33.6 Å². The Morgan fingerprint density at radius 3 is 2.45 bits per heavy atom. The number of rotatable bonds is 7. The van der Waals surface area contributed by atoms with Crippen LogP contribution in [0.2, 0.25) is 0 Å². The van der Waals surface area contributed by atoms with Crippen LogP contribution in [0.5, 0.6) is 0 Å². The van der Waals surface area contributed by atoms with Crippen molar-refractivity contribution < 1.29 is 4.42 Å². The van der Waals surface area contributed by atoms with Gasteiger partial charge in [0.15, 0.2) is 5.82 Å². The molecule has 0 unspecified atom stereocenters. The molecule has 33 heavy (non-hydrogen) atoms. The van der Waals surface area contributed by atoms with Crippen LogP contribution in [-0.4, -0.2) is 16.5 Å². The molecule has 2 aromatic carbocycles. The Labute approximate surface area is 198 Å². The number of aromatic nitrogens is 2. The molecule has 0 fully saturated rings. The smallest absolute Gasteiger partial charge is 0.166 e. The predicted octanol–water partition coefficient (Wildman–Crippen LogP) is 7.59. The molecule has 0 atom stereocenters. The minimum Gasteiger partial charge on any atom is -0.472 e.